The van der Waals surface area contributed by atoms with Crippen LogP contribution in [-0.4, -0.2) is 36.7 Å². The maximum Gasteiger partial charge on any atom is 0.409 e. The van der Waals surface area contributed by atoms with Gasteiger partial charge in [0, 0.05) is 19.1 Å². The second kappa shape index (κ2) is 6.61. The van der Waals surface area contributed by atoms with E-state index in [0.717, 1.165) is 31.7 Å². The van der Waals surface area contributed by atoms with Gasteiger partial charge in [-0.1, -0.05) is 0 Å². The molecular weight excluding hydrogens is 244 g/mol. The first-order valence-corrected chi connectivity index (χ1v) is 6.92. The van der Waals surface area contributed by atoms with Crippen LogP contribution < -0.4 is 5.32 Å². The minimum Gasteiger partial charge on any atom is -0.468 e. The Hall–Kier alpha value is -1.49. The summed E-state index contributed by atoms with van der Waals surface area (Å²) in [6, 6.07) is 4.50. The number of carbonyl (C=O) groups excluding carboxylic acids is 1. The maximum atomic E-state index is 11.6. The second-order valence-corrected chi connectivity index (χ2v) is 4.86. The van der Waals surface area contributed by atoms with Gasteiger partial charge in [0.05, 0.1) is 18.9 Å². The van der Waals surface area contributed by atoms with Crippen LogP contribution in [0.3, 0.4) is 0 Å². The summed E-state index contributed by atoms with van der Waals surface area (Å²) in [4.78, 5) is 13.4. The molecule has 1 aliphatic heterocycles. The van der Waals surface area contributed by atoms with Crippen molar-refractivity contribution < 1.29 is 13.9 Å². The Balaban J connectivity index is 1.76. The third kappa shape index (κ3) is 3.73. The van der Waals surface area contributed by atoms with E-state index in [1.54, 1.807) is 11.2 Å². The largest absolute Gasteiger partial charge is 0.468 e. The summed E-state index contributed by atoms with van der Waals surface area (Å²) in [5, 5.41) is 3.54. The summed E-state index contributed by atoms with van der Waals surface area (Å²) in [7, 11) is 0. The molecule has 1 aromatic rings. The van der Waals surface area contributed by atoms with E-state index in [1.165, 1.54) is 0 Å². The second-order valence-electron chi connectivity index (χ2n) is 4.86. The molecule has 106 valence electrons. The average Bonchev–Trinajstić information content (AvgIpc) is 2.94. The molecule has 1 aliphatic rings. The molecule has 1 N–H and O–H groups in total. The molecular formula is C14H22N2O3. The van der Waals surface area contributed by atoms with Gasteiger partial charge in [0.25, 0.3) is 0 Å². The van der Waals surface area contributed by atoms with Crippen LogP contribution in [0.25, 0.3) is 0 Å². The zero-order valence-corrected chi connectivity index (χ0v) is 11.6. The molecule has 2 rings (SSSR count). The summed E-state index contributed by atoms with van der Waals surface area (Å²) in [5.41, 5.74) is 0. The van der Waals surface area contributed by atoms with Crippen LogP contribution in [0.1, 0.15) is 38.5 Å². The molecule has 0 spiro atoms. The number of nitrogens with zero attached hydrogens (tertiary/aromatic N) is 1. The van der Waals surface area contributed by atoms with Crippen molar-refractivity contribution in [1.82, 2.24) is 10.2 Å². The van der Waals surface area contributed by atoms with E-state index in [2.05, 4.69) is 12.2 Å². The van der Waals surface area contributed by atoms with E-state index in [0.29, 0.717) is 12.6 Å². The van der Waals surface area contributed by atoms with Gasteiger partial charge in [-0.3, -0.25) is 0 Å². The fourth-order valence-corrected chi connectivity index (χ4v) is 2.42. The van der Waals surface area contributed by atoms with Crippen molar-refractivity contribution in [1.29, 1.82) is 0 Å². The van der Waals surface area contributed by atoms with Gasteiger partial charge < -0.3 is 19.4 Å². The molecule has 1 aromatic heterocycles. The van der Waals surface area contributed by atoms with Gasteiger partial charge >= 0.3 is 6.09 Å². The van der Waals surface area contributed by atoms with Crippen LogP contribution in [0.15, 0.2) is 22.8 Å². The molecule has 5 nitrogen and oxygen atoms in total. The first kappa shape index (κ1) is 13.9. The van der Waals surface area contributed by atoms with Crippen molar-refractivity contribution >= 4 is 6.09 Å². The predicted octanol–water partition coefficient (Wildman–Crippen LogP) is 2.55. The molecule has 2 heterocycles. The Morgan fingerprint density at radius 1 is 1.58 bits per heavy atom. The number of likely N-dealkylation sites (tertiary alicyclic amines) is 1. The average molecular weight is 266 g/mol. The number of rotatable bonds is 4. The number of hydrogen-bond acceptors (Lipinski definition) is 4. The van der Waals surface area contributed by atoms with Gasteiger partial charge in [0.15, 0.2) is 0 Å². The molecule has 1 unspecified atom stereocenters. The molecule has 0 saturated carbocycles. The number of amides is 1. The van der Waals surface area contributed by atoms with Gasteiger partial charge in [-0.05, 0) is 38.8 Å². The fourth-order valence-electron chi connectivity index (χ4n) is 2.42. The summed E-state index contributed by atoms with van der Waals surface area (Å²) < 4.78 is 10.4. The monoisotopic (exact) mass is 266 g/mol. The Morgan fingerprint density at radius 2 is 2.32 bits per heavy atom. The zero-order valence-electron chi connectivity index (χ0n) is 11.6. The molecule has 1 saturated heterocycles. The number of ether oxygens (including phenoxy) is 1. The van der Waals surface area contributed by atoms with Crippen LogP contribution in [0.5, 0.6) is 0 Å². The fraction of sp³-hybridized carbons (Fsp3) is 0.643. The quantitative estimate of drug-likeness (QED) is 0.910. The van der Waals surface area contributed by atoms with E-state index in [4.69, 9.17) is 9.15 Å². The smallest absolute Gasteiger partial charge is 0.409 e. The molecule has 5 heteroatoms. The van der Waals surface area contributed by atoms with Crippen LogP contribution in [0, 0.1) is 0 Å². The Morgan fingerprint density at radius 3 is 2.89 bits per heavy atom. The zero-order chi connectivity index (χ0) is 13.7. The third-order valence-electron chi connectivity index (χ3n) is 3.48. The standard InChI is InChI=1S/C14H22N2O3/c1-3-18-14(17)16-8-6-12(7-9-16)15-11(2)13-5-4-10-19-13/h4-5,10-12,15H,3,6-9H2,1-2H3. The normalized spacial score (nSPS) is 18.3. The molecule has 0 aromatic carbocycles. The number of furan rings is 1. The minimum atomic E-state index is -0.194. The summed E-state index contributed by atoms with van der Waals surface area (Å²) in [5.74, 6) is 0.952. The molecule has 1 fully saturated rings. The molecule has 0 radical (unpaired) electrons. The van der Waals surface area contributed by atoms with E-state index in [9.17, 15) is 4.79 Å². The Kier molecular flexibility index (Phi) is 4.85. The van der Waals surface area contributed by atoms with Crippen molar-refractivity contribution in [2.45, 2.75) is 38.8 Å². The van der Waals surface area contributed by atoms with Gasteiger partial charge in [-0.15, -0.1) is 0 Å². The van der Waals surface area contributed by atoms with Gasteiger partial charge in [0.2, 0.25) is 0 Å². The molecule has 1 atom stereocenters. The highest BCUT2D eigenvalue weighted by Crippen LogP contribution is 2.18. The minimum absolute atomic E-state index is 0.194. The number of piperidine rings is 1. The van der Waals surface area contributed by atoms with Crippen molar-refractivity contribution in [2.24, 2.45) is 0 Å². The summed E-state index contributed by atoms with van der Waals surface area (Å²) in [6.07, 6.45) is 3.39. The van der Waals surface area contributed by atoms with E-state index in [1.807, 2.05) is 19.1 Å². The van der Waals surface area contributed by atoms with Crippen LogP contribution in [0.4, 0.5) is 4.79 Å². The van der Waals surface area contributed by atoms with Gasteiger partial charge in [-0.25, -0.2) is 4.79 Å². The Bertz CT molecular complexity index is 383. The van der Waals surface area contributed by atoms with Crippen molar-refractivity contribution in [3.05, 3.63) is 24.2 Å². The number of carbonyl (C=O) groups is 1. The SMILES string of the molecule is CCOC(=O)N1CCC(NC(C)c2ccco2)CC1. The third-order valence-corrected chi connectivity index (χ3v) is 3.48. The number of hydrogen-bond donors (Lipinski definition) is 1. The first-order chi connectivity index (χ1) is 9.20. The van der Waals surface area contributed by atoms with Gasteiger partial charge in [-0.2, -0.15) is 0 Å². The molecule has 1 amide bonds. The van der Waals surface area contributed by atoms with Crippen LogP contribution >= 0.6 is 0 Å². The highest BCUT2D eigenvalue weighted by atomic mass is 16.6. The van der Waals surface area contributed by atoms with Gasteiger partial charge in [0.1, 0.15) is 5.76 Å². The summed E-state index contributed by atoms with van der Waals surface area (Å²) >= 11 is 0. The van der Waals surface area contributed by atoms with E-state index >= 15 is 0 Å². The van der Waals surface area contributed by atoms with Crippen molar-refractivity contribution in [3.63, 3.8) is 0 Å². The van der Waals surface area contributed by atoms with E-state index < -0.39 is 0 Å². The molecule has 19 heavy (non-hydrogen) atoms. The highest BCUT2D eigenvalue weighted by molar-refractivity contribution is 5.67. The maximum absolute atomic E-state index is 11.6. The highest BCUT2D eigenvalue weighted by Gasteiger charge is 2.24. The lowest BCUT2D eigenvalue weighted by molar-refractivity contribution is 0.0941. The van der Waals surface area contributed by atoms with E-state index in [-0.39, 0.29) is 12.1 Å². The summed E-state index contributed by atoms with van der Waals surface area (Å²) in [6.45, 7) is 5.86. The lowest BCUT2D eigenvalue weighted by Crippen LogP contribution is -2.45. The van der Waals surface area contributed by atoms with Crippen molar-refractivity contribution in [3.8, 4) is 0 Å². The van der Waals surface area contributed by atoms with Crippen LogP contribution in [-0.2, 0) is 4.74 Å². The number of nitrogens with one attached hydrogen (secondary N) is 1. The Labute approximate surface area is 113 Å². The predicted molar refractivity (Wildman–Crippen MR) is 71.9 cm³/mol. The molecule has 0 bridgehead atoms. The van der Waals surface area contributed by atoms with Crippen molar-refractivity contribution in [2.75, 3.05) is 19.7 Å². The topological polar surface area (TPSA) is 54.7 Å². The first-order valence-electron chi connectivity index (χ1n) is 6.92. The van der Waals surface area contributed by atoms with Crippen LogP contribution in [0.2, 0.25) is 0 Å². The lowest BCUT2D eigenvalue weighted by Gasteiger charge is -2.32. The lowest BCUT2D eigenvalue weighted by atomic mass is 10.0. The molecule has 0 aliphatic carbocycles.